The molecule has 7 heteroatoms. The first-order valence-electron chi connectivity index (χ1n) is 8.11. The summed E-state index contributed by atoms with van der Waals surface area (Å²) in [5, 5.41) is 15.8. The van der Waals surface area contributed by atoms with Crippen LogP contribution in [0.5, 0.6) is 0 Å². The molecule has 0 saturated heterocycles. The number of aryl methyl sites for hydroxylation is 2. The number of amides is 1. The molecule has 130 valence electrons. The number of carbonyl (C=O) groups excluding carboxylic acids is 1. The topological polar surface area (TPSA) is 90.7 Å². The summed E-state index contributed by atoms with van der Waals surface area (Å²) in [5.74, 6) is 0.163. The average molecular weight is 363 g/mol. The summed E-state index contributed by atoms with van der Waals surface area (Å²) in [7, 11) is 0. The van der Waals surface area contributed by atoms with Crippen molar-refractivity contribution in [3.8, 4) is 6.07 Å². The normalized spacial score (nSPS) is 10.2. The molecule has 0 bridgehead atoms. The lowest BCUT2D eigenvalue weighted by atomic mass is 10.1. The highest BCUT2D eigenvalue weighted by atomic mass is 32.1. The minimum Gasteiger partial charge on any atom is -0.329 e. The largest absolute Gasteiger partial charge is 0.329 e. The number of aromatic nitrogens is 2. The molecule has 0 aliphatic heterocycles. The van der Waals surface area contributed by atoms with E-state index in [-0.39, 0.29) is 5.91 Å². The van der Waals surface area contributed by atoms with Crippen LogP contribution in [0.4, 0.5) is 16.5 Å². The third kappa shape index (κ3) is 3.55. The van der Waals surface area contributed by atoms with E-state index in [2.05, 4.69) is 26.1 Å². The number of pyridine rings is 1. The van der Waals surface area contributed by atoms with Gasteiger partial charge in [-0.15, -0.1) is 0 Å². The van der Waals surface area contributed by atoms with Gasteiger partial charge in [0, 0.05) is 11.9 Å². The Morgan fingerprint density at radius 2 is 2.08 bits per heavy atom. The number of carbonyl (C=O) groups is 1. The number of anilines is 3. The van der Waals surface area contributed by atoms with E-state index in [0.29, 0.717) is 27.6 Å². The zero-order chi connectivity index (χ0) is 18.5. The molecule has 0 radical (unpaired) electrons. The van der Waals surface area contributed by atoms with Crippen LogP contribution in [0.1, 0.15) is 34.1 Å². The molecule has 0 atom stereocenters. The van der Waals surface area contributed by atoms with Crippen molar-refractivity contribution in [3.05, 3.63) is 65.0 Å². The highest BCUT2D eigenvalue weighted by molar-refractivity contribution is 7.10. The Kier molecular flexibility index (Phi) is 5.25. The molecule has 0 unspecified atom stereocenters. The molecule has 26 heavy (non-hydrogen) atoms. The second-order valence-electron chi connectivity index (χ2n) is 5.57. The number of para-hydroxylation sites is 1. The van der Waals surface area contributed by atoms with E-state index >= 15 is 0 Å². The zero-order valence-corrected chi connectivity index (χ0v) is 15.2. The molecule has 1 amide bonds. The van der Waals surface area contributed by atoms with Crippen molar-refractivity contribution in [2.24, 2.45) is 0 Å². The van der Waals surface area contributed by atoms with Gasteiger partial charge in [-0.3, -0.25) is 4.79 Å². The SMILES string of the molecule is CCc1ccccc1NC(=O)c1c(C)nsc1Nc1ncccc1C#N. The molecule has 0 aliphatic carbocycles. The van der Waals surface area contributed by atoms with E-state index < -0.39 is 0 Å². The minimum atomic E-state index is -0.242. The van der Waals surface area contributed by atoms with Gasteiger partial charge in [0.05, 0.1) is 16.8 Å². The molecule has 1 aromatic carbocycles. The van der Waals surface area contributed by atoms with Crippen LogP contribution in [-0.4, -0.2) is 15.3 Å². The van der Waals surface area contributed by atoms with Crippen molar-refractivity contribution >= 4 is 33.9 Å². The van der Waals surface area contributed by atoms with Gasteiger partial charge in [0.1, 0.15) is 16.9 Å². The van der Waals surface area contributed by atoms with Crippen LogP contribution in [-0.2, 0) is 6.42 Å². The first-order chi connectivity index (χ1) is 12.6. The van der Waals surface area contributed by atoms with Crippen LogP contribution < -0.4 is 10.6 Å². The monoisotopic (exact) mass is 363 g/mol. The van der Waals surface area contributed by atoms with E-state index in [1.807, 2.05) is 31.2 Å². The molecular weight excluding hydrogens is 346 g/mol. The maximum Gasteiger partial charge on any atom is 0.260 e. The Morgan fingerprint density at radius 1 is 1.27 bits per heavy atom. The maximum atomic E-state index is 12.9. The third-order valence-corrected chi connectivity index (χ3v) is 4.75. The number of hydrogen-bond acceptors (Lipinski definition) is 6. The molecule has 0 saturated carbocycles. The summed E-state index contributed by atoms with van der Waals surface area (Å²) in [4.78, 5) is 17.0. The van der Waals surface area contributed by atoms with Crippen molar-refractivity contribution in [1.82, 2.24) is 9.36 Å². The molecule has 0 spiro atoms. The average Bonchev–Trinajstić information content (AvgIpc) is 3.03. The van der Waals surface area contributed by atoms with Crippen LogP contribution in [0.2, 0.25) is 0 Å². The summed E-state index contributed by atoms with van der Waals surface area (Å²) in [5.41, 5.74) is 3.33. The molecule has 3 rings (SSSR count). The number of rotatable bonds is 5. The van der Waals surface area contributed by atoms with Crippen molar-refractivity contribution in [1.29, 1.82) is 5.26 Å². The van der Waals surface area contributed by atoms with E-state index in [1.165, 1.54) is 11.5 Å². The van der Waals surface area contributed by atoms with E-state index in [0.717, 1.165) is 17.7 Å². The lowest BCUT2D eigenvalue weighted by Crippen LogP contribution is -2.15. The van der Waals surface area contributed by atoms with Gasteiger partial charge in [0.25, 0.3) is 5.91 Å². The molecule has 0 fully saturated rings. The molecule has 2 heterocycles. The first kappa shape index (κ1) is 17.6. The second kappa shape index (κ2) is 7.76. The number of nitrogens with one attached hydrogen (secondary N) is 2. The quantitative estimate of drug-likeness (QED) is 0.706. The molecular formula is C19H17N5OS. The predicted octanol–water partition coefficient (Wildman–Crippen LogP) is 4.28. The van der Waals surface area contributed by atoms with E-state index in [1.54, 1.807) is 25.3 Å². The highest BCUT2D eigenvalue weighted by Crippen LogP contribution is 2.29. The third-order valence-electron chi connectivity index (χ3n) is 3.90. The summed E-state index contributed by atoms with van der Waals surface area (Å²) in [6.45, 7) is 3.83. The van der Waals surface area contributed by atoms with Gasteiger partial charge in [-0.05, 0) is 48.6 Å². The van der Waals surface area contributed by atoms with Crippen LogP contribution in [0, 0.1) is 18.3 Å². The fourth-order valence-electron chi connectivity index (χ4n) is 2.56. The van der Waals surface area contributed by atoms with E-state index in [9.17, 15) is 10.1 Å². The van der Waals surface area contributed by atoms with Crippen molar-refractivity contribution in [3.63, 3.8) is 0 Å². The summed E-state index contributed by atoms with van der Waals surface area (Å²) in [6, 6.07) is 13.1. The molecule has 2 N–H and O–H groups in total. The Bertz CT molecular complexity index is 990. The Hall–Kier alpha value is -3.24. The summed E-state index contributed by atoms with van der Waals surface area (Å²) in [6.07, 6.45) is 2.41. The minimum absolute atomic E-state index is 0.242. The standard InChI is InChI=1S/C19H17N5OS/c1-3-13-7-4-5-9-15(13)22-18(25)16-12(2)24-26-19(16)23-17-14(11-20)8-6-10-21-17/h4-10H,3H2,1-2H3,(H,21,23)(H,22,25). The number of nitrogens with zero attached hydrogens (tertiary/aromatic N) is 3. The fraction of sp³-hybridized carbons (Fsp3) is 0.158. The fourth-order valence-corrected chi connectivity index (χ4v) is 3.35. The molecule has 0 aliphatic rings. The van der Waals surface area contributed by atoms with Gasteiger partial charge >= 0.3 is 0 Å². The lowest BCUT2D eigenvalue weighted by molar-refractivity contribution is 0.102. The van der Waals surface area contributed by atoms with Crippen LogP contribution in [0.3, 0.4) is 0 Å². The summed E-state index contributed by atoms with van der Waals surface area (Å²) >= 11 is 1.17. The highest BCUT2D eigenvalue weighted by Gasteiger charge is 2.20. The summed E-state index contributed by atoms with van der Waals surface area (Å²) < 4.78 is 4.28. The molecule has 2 aromatic heterocycles. The first-order valence-corrected chi connectivity index (χ1v) is 8.89. The zero-order valence-electron chi connectivity index (χ0n) is 14.4. The van der Waals surface area contributed by atoms with E-state index in [4.69, 9.17) is 0 Å². The van der Waals surface area contributed by atoms with Crippen LogP contribution in [0.25, 0.3) is 0 Å². The Morgan fingerprint density at radius 3 is 2.85 bits per heavy atom. The van der Waals surface area contributed by atoms with Crippen LogP contribution in [0.15, 0.2) is 42.6 Å². The Labute approximate surface area is 155 Å². The van der Waals surface area contributed by atoms with Gasteiger partial charge in [0.15, 0.2) is 0 Å². The van der Waals surface area contributed by atoms with Gasteiger partial charge < -0.3 is 10.6 Å². The molecule has 3 aromatic rings. The van der Waals surface area contributed by atoms with Gasteiger partial charge in [-0.2, -0.15) is 9.64 Å². The van der Waals surface area contributed by atoms with Gasteiger partial charge in [-0.1, -0.05) is 25.1 Å². The number of benzene rings is 1. The predicted molar refractivity (Wildman–Crippen MR) is 103 cm³/mol. The lowest BCUT2D eigenvalue weighted by Gasteiger charge is -2.11. The number of nitriles is 1. The van der Waals surface area contributed by atoms with Gasteiger partial charge in [0.2, 0.25) is 0 Å². The van der Waals surface area contributed by atoms with Crippen LogP contribution >= 0.6 is 11.5 Å². The van der Waals surface area contributed by atoms with Crippen molar-refractivity contribution in [2.45, 2.75) is 20.3 Å². The second-order valence-corrected chi connectivity index (χ2v) is 6.35. The van der Waals surface area contributed by atoms with Crippen molar-refractivity contribution < 1.29 is 4.79 Å². The number of hydrogen-bond donors (Lipinski definition) is 2. The maximum absolute atomic E-state index is 12.9. The van der Waals surface area contributed by atoms with Crippen molar-refractivity contribution in [2.75, 3.05) is 10.6 Å². The Balaban J connectivity index is 1.90. The smallest absolute Gasteiger partial charge is 0.260 e. The molecule has 6 nitrogen and oxygen atoms in total. The van der Waals surface area contributed by atoms with Gasteiger partial charge in [-0.25, -0.2) is 4.98 Å².